The van der Waals surface area contributed by atoms with Gasteiger partial charge in [0.2, 0.25) is 0 Å². The lowest BCUT2D eigenvalue weighted by atomic mass is 10.0. The molecule has 0 bridgehead atoms. The summed E-state index contributed by atoms with van der Waals surface area (Å²) in [6.45, 7) is 14.0. The van der Waals surface area contributed by atoms with Gasteiger partial charge in [-0.3, -0.25) is 24.2 Å². The number of carbonyl (C=O) groups is 3. The number of hydrogen-bond acceptors (Lipinski definition) is 21. The minimum absolute atomic E-state index is 0.0800. The predicted molar refractivity (Wildman–Crippen MR) is 386 cm³/mol. The monoisotopic (exact) mass is 1430 g/mol. The number of piperidine rings is 2. The summed E-state index contributed by atoms with van der Waals surface area (Å²) in [7, 11) is 5.90. The molecule has 4 N–H and O–H groups in total. The van der Waals surface area contributed by atoms with Gasteiger partial charge >= 0.3 is 0 Å². The van der Waals surface area contributed by atoms with Crippen molar-refractivity contribution >= 4 is 35.2 Å². The summed E-state index contributed by atoms with van der Waals surface area (Å²) in [5.41, 5.74) is 5.97. The molecule has 0 saturated carbocycles. The molecular formula is C76H77F3N22O5. The number of fused-ring (bicyclic) bond motifs is 3. The maximum Gasteiger partial charge on any atom is 0.255 e. The van der Waals surface area contributed by atoms with E-state index in [0.29, 0.717) is 93.2 Å². The molecule has 8 aliphatic rings. The molecule has 0 aliphatic carbocycles. The molecule has 5 fully saturated rings. The maximum absolute atomic E-state index is 14.8. The van der Waals surface area contributed by atoms with Gasteiger partial charge in [-0.15, -0.1) is 0 Å². The van der Waals surface area contributed by atoms with Crippen molar-refractivity contribution in [2.45, 2.75) is 69.6 Å². The van der Waals surface area contributed by atoms with Crippen LogP contribution >= 0.6 is 0 Å². The van der Waals surface area contributed by atoms with E-state index in [-0.39, 0.29) is 82.5 Å². The first kappa shape index (κ1) is 70.2. The topological polar surface area (TPSA) is 303 Å². The van der Waals surface area contributed by atoms with Gasteiger partial charge in [-0.2, -0.15) is 31.1 Å². The van der Waals surface area contributed by atoms with E-state index >= 15 is 0 Å². The van der Waals surface area contributed by atoms with E-state index in [0.717, 1.165) is 103 Å². The summed E-state index contributed by atoms with van der Waals surface area (Å²) in [6, 6.07) is 30.7. The number of methoxy groups -OCH3 is 1. The second kappa shape index (κ2) is 30.0. The Hall–Kier alpha value is -11.4. The van der Waals surface area contributed by atoms with Crippen LogP contribution in [0.15, 0.2) is 110 Å². The molecule has 542 valence electrons. The molecule has 0 unspecified atom stereocenters. The van der Waals surface area contributed by atoms with Gasteiger partial charge in [0, 0.05) is 148 Å². The highest BCUT2D eigenvalue weighted by Crippen LogP contribution is 2.37. The second-order valence-electron chi connectivity index (χ2n) is 27.7. The Morgan fingerprint density at radius 1 is 0.462 bits per heavy atom. The summed E-state index contributed by atoms with van der Waals surface area (Å²) in [4.78, 5) is 68.0. The Balaban J connectivity index is 0.000000128. The van der Waals surface area contributed by atoms with Crippen LogP contribution in [0.1, 0.15) is 90.5 Å². The van der Waals surface area contributed by atoms with Crippen LogP contribution in [0.3, 0.4) is 0 Å². The van der Waals surface area contributed by atoms with Gasteiger partial charge in [-0.05, 0) is 94.4 Å². The molecule has 6 aromatic heterocycles. The third-order valence-electron chi connectivity index (χ3n) is 21.2. The zero-order valence-corrected chi connectivity index (χ0v) is 58.8. The van der Waals surface area contributed by atoms with Crippen LogP contribution in [0.25, 0.3) is 50.8 Å². The molecule has 27 nitrogen and oxygen atoms in total. The zero-order valence-electron chi connectivity index (χ0n) is 58.8. The third kappa shape index (κ3) is 13.9. The Kier molecular flexibility index (Phi) is 19.9. The van der Waals surface area contributed by atoms with E-state index in [2.05, 4.69) is 91.6 Å². The largest absolute Gasteiger partial charge is 0.388 e. The molecule has 106 heavy (non-hydrogen) atoms. The molecule has 3 amide bonds. The first-order valence-corrected chi connectivity index (χ1v) is 35.6. The van der Waals surface area contributed by atoms with E-state index in [1.807, 2.05) is 35.5 Å². The van der Waals surface area contributed by atoms with Crippen molar-refractivity contribution in [3.63, 3.8) is 0 Å². The van der Waals surface area contributed by atoms with Crippen molar-refractivity contribution in [1.29, 1.82) is 15.8 Å². The van der Waals surface area contributed by atoms with Crippen LogP contribution in [0.4, 0.5) is 30.6 Å². The third-order valence-corrected chi connectivity index (χ3v) is 21.2. The molecule has 30 heteroatoms. The van der Waals surface area contributed by atoms with Crippen molar-refractivity contribution < 1.29 is 37.4 Å². The van der Waals surface area contributed by atoms with Crippen LogP contribution in [0.5, 0.6) is 0 Å². The van der Waals surface area contributed by atoms with Crippen molar-refractivity contribution in [2.75, 3.05) is 128 Å². The number of nitriles is 3. The van der Waals surface area contributed by atoms with E-state index in [4.69, 9.17) is 14.9 Å². The van der Waals surface area contributed by atoms with Crippen LogP contribution in [-0.2, 0) is 24.4 Å². The van der Waals surface area contributed by atoms with Crippen molar-refractivity contribution in [1.82, 2.24) is 79.8 Å². The average molecular weight is 1440 g/mol. The fraction of sp³-hybridized carbons (Fsp3) is 0.368. The van der Waals surface area contributed by atoms with E-state index in [1.165, 1.54) is 60.0 Å². The normalized spacial score (nSPS) is 20.3. The first-order valence-electron chi connectivity index (χ1n) is 35.6. The summed E-state index contributed by atoms with van der Waals surface area (Å²) in [5, 5.41) is 61.4. The number of nitrogens with one attached hydrogen (secondary N) is 3. The lowest BCUT2D eigenvalue weighted by molar-refractivity contribution is 0.0217. The smallest absolute Gasteiger partial charge is 0.255 e. The number of rotatable bonds is 12. The molecule has 8 aliphatic heterocycles. The van der Waals surface area contributed by atoms with Crippen LogP contribution in [-0.4, -0.2) is 224 Å². The molecule has 9 aromatic rings. The Morgan fingerprint density at radius 2 is 0.811 bits per heavy atom. The minimum atomic E-state index is -0.627. The molecule has 0 radical (unpaired) electrons. The van der Waals surface area contributed by atoms with Crippen molar-refractivity contribution in [3.05, 3.63) is 178 Å². The SMILES string of the molecule is CN1CCN([C@@H]2CCCN(c3ccn(-c4cc(-c5c(F)cccc5C#N)nc5c4C(=O)NC5)n3)C2)CC1.CN1CCN([C@H]2CCCN(c3ccn(-c4cc(-c5c(F)cccc5C#N)nc5c4C(=O)NC5)n3)C2)CC1.CO[C@@H]1CN(c2ccn(-c3cc(-c4c(F)cccc4C#N)nc4c3C(=O)NC4)n2)C[C@@H]1O. The molecule has 4 atom stereocenters. The van der Waals surface area contributed by atoms with Crippen molar-refractivity contribution in [3.8, 4) is 69.0 Å². The van der Waals surface area contributed by atoms with Gasteiger partial charge in [-0.1, -0.05) is 18.2 Å². The molecule has 5 saturated heterocycles. The van der Waals surface area contributed by atoms with Crippen LogP contribution in [0, 0.1) is 51.4 Å². The number of benzene rings is 3. The number of likely N-dealkylation sites (N-methyl/N-ethyl adjacent to an activating group) is 2. The van der Waals surface area contributed by atoms with E-state index in [1.54, 1.807) is 59.1 Å². The lowest BCUT2D eigenvalue weighted by Gasteiger charge is -2.42. The average Bonchev–Trinajstić information content (AvgIpc) is 1.57. The van der Waals surface area contributed by atoms with Gasteiger partial charge in [-0.25, -0.2) is 42.2 Å². The number of piperazine rings is 2. The van der Waals surface area contributed by atoms with Gasteiger partial charge in [0.05, 0.1) is 145 Å². The number of β-amino-alcohol motifs (C(OH)–C–C–N with tert-alkyl or cyclic N) is 1. The van der Waals surface area contributed by atoms with Crippen LogP contribution < -0.4 is 30.7 Å². The highest BCUT2D eigenvalue weighted by molar-refractivity contribution is 6.03. The fourth-order valence-electron chi connectivity index (χ4n) is 15.5. The van der Waals surface area contributed by atoms with Gasteiger partial charge in [0.15, 0.2) is 17.5 Å². The molecule has 14 heterocycles. The summed E-state index contributed by atoms with van der Waals surface area (Å²) in [6.07, 6.45) is 9.01. The number of aliphatic hydroxyl groups excluding tert-OH is 1. The quantitative estimate of drug-likeness (QED) is 0.106. The Bertz CT molecular complexity index is 4810. The van der Waals surface area contributed by atoms with E-state index in [9.17, 15) is 48.4 Å². The van der Waals surface area contributed by atoms with Crippen LogP contribution in [0.2, 0.25) is 0 Å². The minimum Gasteiger partial charge on any atom is -0.388 e. The van der Waals surface area contributed by atoms with Gasteiger partial charge < -0.3 is 50.3 Å². The molecule has 0 spiro atoms. The highest BCUT2D eigenvalue weighted by atomic mass is 19.1. The Morgan fingerprint density at radius 3 is 1.14 bits per heavy atom. The molecular weight excluding hydrogens is 1360 g/mol. The van der Waals surface area contributed by atoms with Gasteiger partial charge in [0.1, 0.15) is 23.6 Å². The maximum atomic E-state index is 14.8. The lowest BCUT2D eigenvalue weighted by Crippen LogP contribution is -2.54. The first-order chi connectivity index (χ1) is 51.5. The highest BCUT2D eigenvalue weighted by Gasteiger charge is 2.37. The number of aliphatic hydroxyl groups is 1. The number of carbonyl (C=O) groups excluding carboxylic acids is 3. The molecule has 3 aromatic carbocycles. The van der Waals surface area contributed by atoms with E-state index < -0.39 is 23.6 Å². The summed E-state index contributed by atoms with van der Waals surface area (Å²) < 4.78 is 54.5. The zero-order chi connectivity index (χ0) is 73.4. The number of halogens is 3. The number of aromatic nitrogens is 9. The summed E-state index contributed by atoms with van der Waals surface area (Å²) in [5.74, 6) is -0.0721. The number of anilines is 3. The number of ether oxygens (including phenoxy) is 1. The number of hydrogen-bond donors (Lipinski definition) is 4. The Labute approximate surface area is 609 Å². The number of pyridine rings is 3. The number of nitrogens with zero attached hydrogens (tertiary/aromatic N) is 19. The second-order valence-corrected chi connectivity index (χ2v) is 27.7. The predicted octanol–water partition coefficient (Wildman–Crippen LogP) is 6.19. The molecule has 17 rings (SSSR count). The number of amides is 3. The fourth-order valence-corrected chi connectivity index (χ4v) is 15.5. The summed E-state index contributed by atoms with van der Waals surface area (Å²) >= 11 is 0. The standard InChI is InChI=1S/2C27H29FN8O.C22H19FN6O3/c2*1-33-10-12-34(13-11-33)19-5-3-8-35(17-19)24-7-9-36(32-24)23-14-21(31-22-16-30-27(37)26(22)23)25-18(15-29)4-2-6-20(25)28;1-32-18-11-28(10-17(18)30)19-5-6-29(27-19)16-7-14(26-15-9-25-22(31)21(15)16)20-12(8-24)3-2-4-13(20)23/h2*2,4,6-7,9,14,19H,3,5,8,10-13,16-17H2,1H3,(H,30,37);2-7,17-18,30H,9-11H2,1H3,(H,25,31)/t2*19-;17-,18+/m100/s1. The van der Waals surface area contributed by atoms with Crippen molar-refractivity contribution in [2.24, 2.45) is 0 Å². The van der Waals surface area contributed by atoms with Gasteiger partial charge in [0.25, 0.3) is 17.7 Å².